The van der Waals surface area contributed by atoms with E-state index in [9.17, 15) is 4.79 Å². The number of halogens is 1. The number of aliphatic carboxylic acids is 1. The second kappa shape index (κ2) is 6.22. The highest BCUT2D eigenvalue weighted by molar-refractivity contribution is 9.10. The molecule has 1 aromatic heterocycles. The number of benzene rings is 1. The van der Waals surface area contributed by atoms with Gasteiger partial charge in [-0.05, 0) is 31.0 Å². The van der Waals surface area contributed by atoms with Gasteiger partial charge in [-0.15, -0.1) is 0 Å². The summed E-state index contributed by atoms with van der Waals surface area (Å²) in [5.41, 5.74) is 4.38. The molecule has 2 rings (SSSR count). The third kappa shape index (κ3) is 3.70. The smallest absolute Gasteiger partial charge is 0.303 e. The maximum absolute atomic E-state index is 10.6. The van der Waals surface area contributed by atoms with Crippen molar-refractivity contribution in [1.29, 1.82) is 0 Å². The number of hydrogen-bond donors (Lipinski definition) is 2. The lowest BCUT2D eigenvalue weighted by atomic mass is 10.1. The number of imidazole rings is 1. The van der Waals surface area contributed by atoms with Gasteiger partial charge in [-0.25, -0.2) is 4.98 Å². The third-order valence-electron chi connectivity index (χ3n) is 3.20. The third-order valence-corrected chi connectivity index (χ3v) is 4.09. The van der Waals surface area contributed by atoms with Crippen LogP contribution in [-0.4, -0.2) is 21.0 Å². The van der Waals surface area contributed by atoms with E-state index in [1.807, 2.05) is 13.0 Å². The molecule has 20 heavy (non-hydrogen) atoms. The average molecular weight is 337 g/mol. The Morgan fingerprint density at radius 3 is 2.80 bits per heavy atom. The van der Waals surface area contributed by atoms with Crippen LogP contribution in [0.25, 0.3) is 0 Å². The molecule has 0 spiro atoms. The van der Waals surface area contributed by atoms with Crippen molar-refractivity contribution in [2.24, 2.45) is 0 Å². The van der Waals surface area contributed by atoms with Gasteiger partial charge in [0.2, 0.25) is 0 Å². The number of nitrogens with zero attached hydrogens (tertiary/aromatic N) is 1. The molecule has 0 bridgehead atoms. The van der Waals surface area contributed by atoms with Crippen LogP contribution in [0.2, 0.25) is 0 Å². The number of aryl methyl sites for hydroxylation is 3. The number of carbonyl (C=O) groups is 1. The summed E-state index contributed by atoms with van der Waals surface area (Å²) >= 11 is 3.49. The Hall–Kier alpha value is -1.62. The Bertz CT molecular complexity index is 635. The highest BCUT2D eigenvalue weighted by Crippen LogP contribution is 2.19. The van der Waals surface area contributed by atoms with E-state index in [-0.39, 0.29) is 6.42 Å². The molecule has 0 saturated carbocycles. The Labute approximate surface area is 126 Å². The van der Waals surface area contributed by atoms with Gasteiger partial charge in [0.1, 0.15) is 5.82 Å². The molecule has 4 nitrogen and oxygen atoms in total. The second-order valence-electron chi connectivity index (χ2n) is 4.91. The molecule has 0 radical (unpaired) electrons. The Kier molecular flexibility index (Phi) is 4.60. The van der Waals surface area contributed by atoms with E-state index in [1.54, 1.807) is 0 Å². The monoisotopic (exact) mass is 336 g/mol. The fourth-order valence-corrected chi connectivity index (χ4v) is 2.34. The molecule has 0 aliphatic rings. The summed E-state index contributed by atoms with van der Waals surface area (Å²) in [6.45, 7) is 4.03. The maximum Gasteiger partial charge on any atom is 0.303 e. The summed E-state index contributed by atoms with van der Waals surface area (Å²) in [6, 6.07) is 6.25. The second-order valence-corrected chi connectivity index (χ2v) is 5.76. The molecular weight excluding hydrogens is 320 g/mol. The molecule has 1 heterocycles. The van der Waals surface area contributed by atoms with E-state index < -0.39 is 5.97 Å². The lowest BCUT2D eigenvalue weighted by Crippen LogP contribution is -1.99. The minimum Gasteiger partial charge on any atom is -0.481 e. The predicted octanol–water partition coefficient (Wildman–Crippen LogP) is 3.40. The summed E-state index contributed by atoms with van der Waals surface area (Å²) in [4.78, 5) is 18.2. The van der Waals surface area contributed by atoms with Crippen molar-refractivity contribution in [3.8, 4) is 0 Å². The van der Waals surface area contributed by atoms with E-state index in [0.29, 0.717) is 6.42 Å². The van der Waals surface area contributed by atoms with Crippen LogP contribution in [0, 0.1) is 13.8 Å². The molecular formula is C15H17BrN2O2. The van der Waals surface area contributed by atoms with Crippen LogP contribution in [0.1, 0.15) is 34.8 Å². The van der Waals surface area contributed by atoms with Gasteiger partial charge in [0, 0.05) is 23.0 Å². The van der Waals surface area contributed by atoms with E-state index in [2.05, 4.69) is 45.0 Å². The van der Waals surface area contributed by atoms with Gasteiger partial charge < -0.3 is 10.1 Å². The quantitative estimate of drug-likeness (QED) is 0.879. The number of hydrogen-bond acceptors (Lipinski definition) is 2. The summed E-state index contributed by atoms with van der Waals surface area (Å²) in [5.74, 6) is -0.0575. The van der Waals surface area contributed by atoms with Crippen LogP contribution in [0.15, 0.2) is 22.7 Å². The standard InChI is InChI=1S/C15H17BrN2O2/c1-9-7-11(3-4-12(9)16)8-13-10(2)17-14(18-13)5-6-15(19)20/h3-4,7H,5-6,8H2,1-2H3,(H,17,18)(H,19,20). The first-order chi connectivity index (χ1) is 9.45. The zero-order chi connectivity index (χ0) is 14.7. The largest absolute Gasteiger partial charge is 0.481 e. The SMILES string of the molecule is Cc1cc(Cc2nc(CCC(=O)O)[nH]c2C)ccc1Br. The predicted molar refractivity (Wildman–Crippen MR) is 81.0 cm³/mol. The van der Waals surface area contributed by atoms with Crippen molar-refractivity contribution in [2.45, 2.75) is 33.1 Å². The first-order valence-corrected chi connectivity index (χ1v) is 7.26. The zero-order valence-corrected chi connectivity index (χ0v) is 13.1. The Balaban J connectivity index is 2.12. The number of rotatable bonds is 5. The average Bonchev–Trinajstić information content (AvgIpc) is 2.72. The van der Waals surface area contributed by atoms with Gasteiger partial charge in [0.05, 0.1) is 12.1 Å². The van der Waals surface area contributed by atoms with Crippen LogP contribution in [-0.2, 0) is 17.6 Å². The van der Waals surface area contributed by atoms with E-state index >= 15 is 0 Å². The van der Waals surface area contributed by atoms with Crippen molar-refractivity contribution in [1.82, 2.24) is 9.97 Å². The number of aromatic nitrogens is 2. The van der Waals surface area contributed by atoms with Gasteiger partial charge in [-0.3, -0.25) is 4.79 Å². The lowest BCUT2D eigenvalue weighted by Gasteiger charge is -2.03. The summed E-state index contributed by atoms with van der Waals surface area (Å²) < 4.78 is 1.10. The van der Waals surface area contributed by atoms with E-state index in [0.717, 1.165) is 28.1 Å². The van der Waals surface area contributed by atoms with Gasteiger partial charge >= 0.3 is 5.97 Å². The molecule has 0 aliphatic heterocycles. The number of H-pyrrole nitrogens is 1. The van der Waals surface area contributed by atoms with Crippen LogP contribution in [0.4, 0.5) is 0 Å². The summed E-state index contributed by atoms with van der Waals surface area (Å²) in [5, 5.41) is 8.70. The lowest BCUT2D eigenvalue weighted by molar-refractivity contribution is -0.137. The van der Waals surface area contributed by atoms with Crippen LogP contribution >= 0.6 is 15.9 Å². The van der Waals surface area contributed by atoms with Crippen LogP contribution in [0.5, 0.6) is 0 Å². The Morgan fingerprint density at radius 1 is 1.40 bits per heavy atom. The van der Waals surface area contributed by atoms with Gasteiger partial charge in [-0.2, -0.15) is 0 Å². The molecule has 1 aromatic carbocycles. The van der Waals surface area contributed by atoms with Gasteiger partial charge in [0.15, 0.2) is 0 Å². The summed E-state index contributed by atoms with van der Waals surface area (Å²) in [6.07, 6.45) is 1.29. The first kappa shape index (κ1) is 14.8. The molecule has 106 valence electrons. The molecule has 0 atom stereocenters. The van der Waals surface area contributed by atoms with Crippen molar-refractivity contribution in [2.75, 3.05) is 0 Å². The van der Waals surface area contributed by atoms with Gasteiger partial charge in [0.25, 0.3) is 0 Å². The van der Waals surface area contributed by atoms with Crippen LogP contribution in [0.3, 0.4) is 0 Å². The van der Waals surface area contributed by atoms with Crippen LogP contribution < -0.4 is 0 Å². The van der Waals surface area contributed by atoms with Crippen molar-refractivity contribution < 1.29 is 9.90 Å². The minimum atomic E-state index is -0.802. The maximum atomic E-state index is 10.6. The molecule has 0 unspecified atom stereocenters. The fraction of sp³-hybridized carbons (Fsp3) is 0.333. The molecule has 0 saturated heterocycles. The molecule has 0 amide bonds. The minimum absolute atomic E-state index is 0.101. The van der Waals surface area contributed by atoms with Crippen molar-refractivity contribution in [3.05, 3.63) is 51.0 Å². The Morgan fingerprint density at radius 2 is 2.15 bits per heavy atom. The number of carboxylic acids is 1. The normalized spacial score (nSPS) is 10.8. The number of nitrogens with one attached hydrogen (secondary N) is 1. The summed E-state index contributed by atoms with van der Waals surface area (Å²) in [7, 11) is 0. The first-order valence-electron chi connectivity index (χ1n) is 6.47. The molecule has 2 N–H and O–H groups in total. The van der Waals surface area contributed by atoms with Gasteiger partial charge in [-0.1, -0.05) is 28.1 Å². The highest BCUT2D eigenvalue weighted by Gasteiger charge is 2.09. The van der Waals surface area contributed by atoms with Crippen molar-refractivity contribution in [3.63, 3.8) is 0 Å². The molecule has 2 aromatic rings. The van der Waals surface area contributed by atoms with E-state index in [4.69, 9.17) is 5.11 Å². The number of aromatic amines is 1. The molecule has 5 heteroatoms. The molecule has 0 aliphatic carbocycles. The van der Waals surface area contributed by atoms with Crippen molar-refractivity contribution >= 4 is 21.9 Å². The number of carboxylic acid groups (broad SMARTS) is 1. The van der Waals surface area contributed by atoms with E-state index in [1.165, 1.54) is 11.1 Å². The zero-order valence-electron chi connectivity index (χ0n) is 11.5. The topological polar surface area (TPSA) is 66.0 Å². The fourth-order valence-electron chi connectivity index (χ4n) is 2.09. The molecule has 0 fully saturated rings. The highest BCUT2D eigenvalue weighted by atomic mass is 79.9.